The Labute approximate surface area is 197 Å². The van der Waals surface area contributed by atoms with Gasteiger partial charge >= 0.3 is 0 Å². The number of carbonyl (C=O) groups is 1. The predicted octanol–water partition coefficient (Wildman–Crippen LogP) is 3.24. The van der Waals surface area contributed by atoms with Gasteiger partial charge in [-0.3, -0.25) is 4.79 Å². The zero-order valence-corrected chi connectivity index (χ0v) is 18.5. The summed E-state index contributed by atoms with van der Waals surface area (Å²) in [5, 5.41) is 22.6. The Morgan fingerprint density at radius 2 is 1.76 bits per heavy atom. The van der Waals surface area contributed by atoms with E-state index in [1.807, 2.05) is 0 Å². The average Bonchev–Trinajstić information content (AvgIpc) is 3.33. The molecule has 2 aromatic heterocycles. The van der Waals surface area contributed by atoms with Crippen molar-refractivity contribution in [2.24, 2.45) is 0 Å². The molecule has 2 atom stereocenters. The van der Waals surface area contributed by atoms with Crippen LogP contribution in [0.2, 0.25) is 0 Å². The number of hydrogen-bond donors (Lipinski definition) is 3. The van der Waals surface area contributed by atoms with Crippen LogP contribution in [0.1, 0.15) is 16.2 Å². The molecular formula is C24H20F2N4O3S. The van der Waals surface area contributed by atoms with Crippen LogP contribution in [0.15, 0.2) is 67.1 Å². The van der Waals surface area contributed by atoms with Gasteiger partial charge in [0.15, 0.2) is 0 Å². The molecule has 3 N–H and O–H groups in total. The molecule has 0 saturated carbocycles. The van der Waals surface area contributed by atoms with Gasteiger partial charge in [0.05, 0.1) is 34.8 Å². The summed E-state index contributed by atoms with van der Waals surface area (Å²) in [4.78, 5) is 26.3. The molecule has 0 spiro atoms. The Morgan fingerprint density at radius 1 is 1.03 bits per heavy atom. The number of hydrogen-bond acceptors (Lipinski definition) is 7. The van der Waals surface area contributed by atoms with Crippen molar-refractivity contribution >= 4 is 17.2 Å². The molecule has 0 saturated heterocycles. The fraction of sp³-hybridized carbons (Fsp3) is 0.167. The SMILES string of the molecule is O=C(N[C@H](Cc1ncccn1)[C@@H](O)CO)c1cccc(F)c1-c1ncc(-c2ccc(F)cc2)s1. The van der Waals surface area contributed by atoms with Crippen LogP contribution in [0.4, 0.5) is 8.78 Å². The van der Waals surface area contributed by atoms with E-state index >= 15 is 0 Å². The van der Waals surface area contributed by atoms with Gasteiger partial charge in [0, 0.05) is 25.0 Å². The second-order valence-corrected chi connectivity index (χ2v) is 8.43. The van der Waals surface area contributed by atoms with E-state index in [9.17, 15) is 23.8 Å². The minimum absolute atomic E-state index is 0.00608. The summed E-state index contributed by atoms with van der Waals surface area (Å²) in [6, 6.07) is 10.6. The molecule has 0 aliphatic rings. The first-order chi connectivity index (χ1) is 16.5. The highest BCUT2D eigenvalue weighted by molar-refractivity contribution is 7.18. The molecule has 0 fully saturated rings. The van der Waals surface area contributed by atoms with Crippen LogP contribution >= 0.6 is 11.3 Å². The topological polar surface area (TPSA) is 108 Å². The van der Waals surface area contributed by atoms with Gasteiger partial charge in [0.1, 0.15) is 22.5 Å². The van der Waals surface area contributed by atoms with E-state index in [-0.39, 0.29) is 28.4 Å². The molecule has 0 aliphatic heterocycles. The van der Waals surface area contributed by atoms with E-state index in [2.05, 4.69) is 20.3 Å². The lowest BCUT2D eigenvalue weighted by molar-refractivity contribution is 0.0562. The summed E-state index contributed by atoms with van der Waals surface area (Å²) in [5.41, 5.74) is 0.733. The van der Waals surface area contributed by atoms with E-state index in [4.69, 9.17) is 0 Å². The van der Waals surface area contributed by atoms with Crippen LogP contribution in [0.5, 0.6) is 0 Å². The summed E-state index contributed by atoms with van der Waals surface area (Å²) in [6.45, 7) is -0.596. The van der Waals surface area contributed by atoms with Crippen LogP contribution in [-0.2, 0) is 6.42 Å². The number of carbonyl (C=O) groups excluding carboxylic acids is 1. The summed E-state index contributed by atoms with van der Waals surface area (Å²) in [5.74, 6) is -1.30. The van der Waals surface area contributed by atoms with Crippen molar-refractivity contribution in [3.8, 4) is 21.0 Å². The number of nitrogens with one attached hydrogen (secondary N) is 1. The van der Waals surface area contributed by atoms with Crippen molar-refractivity contribution in [3.63, 3.8) is 0 Å². The molecule has 4 aromatic rings. The highest BCUT2D eigenvalue weighted by atomic mass is 32.1. The molecule has 2 aromatic carbocycles. The van der Waals surface area contributed by atoms with Crippen LogP contribution in [0.3, 0.4) is 0 Å². The number of halogens is 2. The maximum Gasteiger partial charge on any atom is 0.252 e. The minimum atomic E-state index is -1.28. The minimum Gasteiger partial charge on any atom is -0.394 e. The third-order valence-electron chi connectivity index (χ3n) is 5.10. The molecule has 0 unspecified atom stereocenters. The number of nitrogens with zero attached hydrogens (tertiary/aromatic N) is 3. The Hall–Kier alpha value is -3.60. The first-order valence-electron chi connectivity index (χ1n) is 10.3. The second-order valence-electron chi connectivity index (χ2n) is 7.40. The number of thiazole rings is 1. The smallest absolute Gasteiger partial charge is 0.252 e. The van der Waals surface area contributed by atoms with Crippen molar-refractivity contribution in [3.05, 3.63) is 90.1 Å². The maximum absolute atomic E-state index is 14.9. The number of amides is 1. The number of aliphatic hydroxyl groups is 2. The molecule has 2 heterocycles. The fourth-order valence-electron chi connectivity index (χ4n) is 3.36. The lowest BCUT2D eigenvalue weighted by Crippen LogP contribution is -2.46. The van der Waals surface area contributed by atoms with Crippen LogP contribution in [-0.4, -0.2) is 49.8 Å². The molecule has 34 heavy (non-hydrogen) atoms. The third-order valence-corrected chi connectivity index (χ3v) is 6.16. The number of benzene rings is 2. The van der Waals surface area contributed by atoms with E-state index in [0.717, 1.165) is 11.3 Å². The number of rotatable bonds is 8. The summed E-state index contributed by atoms with van der Waals surface area (Å²) in [6.07, 6.45) is 3.36. The lowest BCUT2D eigenvalue weighted by Gasteiger charge is -2.22. The first-order valence-corrected chi connectivity index (χ1v) is 11.1. The van der Waals surface area contributed by atoms with Gasteiger partial charge in [-0.1, -0.05) is 18.2 Å². The summed E-state index contributed by atoms with van der Waals surface area (Å²) < 4.78 is 28.1. The molecule has 0 aliphatic carbocycles. The highest BCUT2D eigenvalue weighted by Crippen LogP contribution is 2.35. The largest absolute Gasteiger partial charge is 0.394 e. The molecule has 0 bridgehead atoms. The monoisotopic (exact) mass is 482 g/mol. The molecule has 174 valence electrons. The van der Waals surface area contributed by atoms with Crippen molar-refractivity contribution in [1.82, 2.24) is 20.3 Å². The fourth-order valence-corrected chi connectivity index (χ4v) is 4.34. The van der Waals surface area contributed by atoms with Crippen molar-refractivity contribution < 1.29 is 23.8 Å². The zero-order chi connectivity index (χ0) is 24.1. The van der Waals surface area contributed by atoms with Crippen molar-refractivity contribution in [2.75, 3.05) is 6.61 Å². The van der Waals surface area contributed by atoms with Gasteiger partial charge in [0.2, 0.25) is 0 Å². The van der Waals surface area contributed by atoms with Crippen molar-refractivity contribution in [1.29, 1.82) is 0 Å². The van der Waals surface area contributed by atoms with Crippen LogP contribution in [0, 0.1) is 11.6 Å². The molecule has 4 rings (SSSR count). The summed E-state index contributed by atoms with van der Waals surface area (Å²) in [7, 11) is 0. The lowest BCUT2D eigenvalue weighted by atomic mass is 10.0. The van der Waals surface area contributed by atoms with Gasteiger partial charge in [-0.25, -0.2) is 23.7 Å². The van der Waals surface area contributed by atoms with Crippen LogP contribution in [0.25, 0.3) is 21.0 Å². The Kier molecular flexibility index (Phi) is 7.31. The van der Waals surface area contributed by atoms with Gasteiger partial charge < -0.3 is 15.5 Å². The normalized spacial score (nSPS) is 12.8. The first kappa shape index (κ1) is 23.6. The Balaban J connectivity index is 1.63. The maximum atomic E-state index is 14.9. The van der Waals surface area contributed by atoms with Gasteiger partial charge in [-0.2, -0.15) is 0 Å². The van der Waals surface area contributed by atoms with Crippen LogP contribution < -0.4 is 5.32 Å². The Morgan fingerprint density at radius 3 is 2.47 bits per heavy atom. The molecule has 7 nitrogen and oxygen atoms in total. The molecule has 1 amide bonds. The molecular weight excluding hydrogens is 462 g/mol. The highest BCUT2D eigenvalue weighted by Gasteiger charge is 2.26. The quantitative estimate of drug-likeness (QED) is 0.356. The van der Waals surface area contributed by atoms with E-state index in [0.29, 0.717) is 16.3 Å². The van der Waals surface area contributed by atoms with E-state index in [1.54, 1.807) is 18.2 Å². The van der Waals surface area contributed by atoms with Gasteiger partial charge in [-0.05, 0) is 35.9 Å². The predicted molar refractivity (Wildman–Crippen MR) is 123 cm³/mol. The van der Waals surface area contributed by atoms with Crippen molar-refractivity contribution in [2.45, 2.75) is 18.6 Å². The third kappa shape index (κ3) is 5.30. The number of aliphatic hydroxyl groups excluding tert-OH is 2. The molecule has 10 heteroatoms. The Bertz CT molecular complexity index is 1270. The number of aromatic nitrogens is 3. The summed E-state index contributed by atoms with van der Waals surface area (Å²) >= 11 is 1.16. The van der Waals surface area contributed by atoms with Gasteiger partial charge in [-0.15, -0.1) is 11.3 Å². The average molecular weight is 483 g/mol. The standard InChI is InChI=1S/C24H20F2N4O3S/c25-15-7-5-14(6-8-15)20-12-29-24(34-20)22-16(3-1-4-17(22)26)23(33)30-18(19(32)13-31)11-21-27-9-2-10-28-21/h1-10,12,18-19,31-32H,11,13H2,(H,30,33)/t18-,19+/m1/s1. The molecule has 0 radical (unpaired) electrons. The van der Waals surface area contributed by atoms with E-state index < -0.39 is 30.5 Å². The second kappa shape index (κ2) is 10.6. The van der Waals surface area contributed by atoms with Gasteiger partial charge in [0.25, 0.3) is 5.91 Å². The zero-order valence-electron chi connectivity index (χ0n) is 17.7. The van der Waals surface area contributed by atoms with E-state index in [1.165, 1.54) is 48.9 Å².